The number of thioether (sulfide) groups is 1. The molecule has 0 saturated heterocycles. The number of halogens is 4. The summed E-state index contributed by atoms with van der Waals surface area (Å²) < 4.78 is 55.6. The van der Waals surface area contributed by atoms with Gasteiger partial charge in [-0.15, -0.1) is 10.2 Å². The molecular weight excluding hydrogens is 408 g/mol. The van der Waals surface area contributed by atoms with Gasteiger partial charge in [-0.1, -0.05) is 48.2 Å². The number of rotatable bonds is 4. The van der Waals surface area contributed by atoms with Crippen LogP contribution >= 0.6 is 11.8 Å². The van der Waals surface area contributed by atoms with Gasteiger partial charge in [0.1, 0.15) is 0 Å². The first-order valence-electron chi connectivity index (χ1n) is 8.35. The molecule has 2 aromatic carbocycles. The average Bonchev–Trinajstić information content (AvgIpc) is 3.11. The molecule has 0 saturated carbocycles. The van der Waals surface area contributed by atoms with Crippen LogP contribution in [0.25, 0.3) is 11.3 Å². The standard InChI is InChI=1S/C19H12F4N4OS/c20-15-13(19(21,22)23)7-4-8-14(15)26-9-10-27-16(17(26)28)24-25-18(27)29-11-12-5-2-1-3-6-12/h1-10H,11H2. The van der Waals surface area contributed by atoms with E-state index in [2.05, 4.69) is 10.2 Å². The Hall–Kier alpha value is -3.14. The quantitative estimate of drug-likeness (QED) is 0.364. The van der Waals surface area contributed by atoms with Crippen molar-refractivity contribution in [1.82, 2.24) is 19.2 Å². The number of alkyl halides is 3. The van der Waals surface area contributed by atoms with Crippen LogP contribution in [0.4, 0.5) is 17.6 Å². The highest BCUT2D eigenvalue weighted by Crippen LogP contribution is 2.33. The second-order valence-corrected chi connectivity index (χ2v) is 7.00. The number of fused-ring (bicyclic) bond motifs is 1. The van der Waals surface area contributed by atoms with Gasteiger partial charge in [0.2, 0.25) is 5.65 Å². The lowest BCUT2D eigenvalue weighted by Gasteiger charge is -2.12. The van der Waals surface area contributed by atoms with Crippen molar-refractivity contribution in [1.29, 1.82) is 0 Å². The Balaban J connectivity index is 1.72. The number of hydrogen-bond donors (Lipinski definition) is 0. The Morgan fingerprint density at radius 2 is 1.72 bits per heavy atom. The molecule has 2 heterocycles. The third kappa shape index (κ3) is 3.63. The van der Waals surface area contributed by atoms with Crippen LogP contribution in [0.5, 0.6) is 0 Å². The van der Waals surface area contributed by atoms with Crippen molar-refractivity contribution in [2.75, 3.05) is 0 Å². The third-order valence-corrected chi connectivity index (χ3v) is 5.21. The molecule has 0 bridgehead atoms. The molecule has 4 aromatic rings. The SMILES string of the molecule is O=c1c2nnc(SCc3ccccc3)n2ccn1-c1cccc(C(F)(F)F)c1F. The Bertz CT molecular complexity index is 1230. The predicted molar refractivity (Wildman–Crippen MR) is 99.5 cm³/mol. The second kappa shape index (κ2) is 7.36. The molecule has 148 valence electrons. The lowest BCUT2D eigenvalue weighted by Crippen LogP contribution is -2.22. The van der Waals surface area contributed by atoms with Gasteiger partial charge in [-0.25, -0.2) is 4.39 Å². The molecule has 5 nitrogen and oxygen atoms in total. The first-order valence-corrected chi connectivity index (χ1v) is 9.34. The Labute approximate surface area is 165 Å². The molecule has 0 spiro atoms. The molecule has 0 N–H and O–H groups in total. The minimum atomic E-state index is -4.87. The van der Waals surface area contributed by atoms with Crippen LogP contribution in [-0.2, 0) is 11.9 Å². The Morgan fingerprint density at radius 1 is 0.966 bits per heavy atom. The number of benzene rings is 2. The lowest BCUT2D eigenvalue weighted by atomic mass is 10.1. The van der Waals surface area contributed by atoms with E-state index in [0.717, 1.165) is 22.3 Å². The van der Waals surface area contributed by atoms with Crippen LogP contribution in [0.2, 0.25) is 0 Å². The number of aromatic nitrogens is 4. The monoisotopic (exact) mass is 420 g/mol. The van der Waals surface area contributed by atoms with E-state index < -0.39 is 28.8 Å². The number of nitrogens with zero attached hydrogens (tertiary/aromatic N) is 4. The average molecular weight is 420 g/mol. The molecule has 0 aliphatic carbocycles. The van der Waals surface area contributed by atoms with Crippen LogP contribution in [0.1, 0.15) is 11.1 Å². The van der Waals surface area contributed by atoms with Gasteiger partial charge in [0, 0.05) is 18.1 Å². The van der Waals surface area contributed by atoms with E-state index in [0.29, 0.717) is 17.0 Å². The zero-order chi connectivity index (χ0) is 20.6. The zero-order valence-corrected chi connectivity index (χ0v) is 15.4. The van der Waals surface area contributed by atoms with Crippen LogP contribution in [0, 0.1) is 5.82 Å². The molecule has 29 heavy (non-hydrogen) atoms. The van der Waals surface area contributed by atoms with Crippen molar-refractivity contribution >= 4 is 17.4 Å². The minimum absolute atomic E-state index is 0.111. The first kappa shape index (κ1) is 19.2. The van der Waals surface area contributed by atoms with Gasteiger partial charge in [-0.05, 0) is 17.7 Å². The molecule has 0 aliphatic heterocycles. The fourth-order valence-electron chi connectivity index (χ4n) is 2.80. The molecular formula is C19H12F4N4OS. The molecule has 0 radical (unpaired) electrons. The molecule has 0 fully saturated rings. The van der Waals surface area contributed by atoms with E-state index in [9.17, 15) is 22.4 Å². The summed E-state index contributed by atoms with van der Waals surface area (Å²) in [4.78, 5) is 12.7. The molecule has 0 atom stereocenters. The van der Waals surface area contributed by atoms with Crippen molar-refractivity contribution < 1.29 is 17.6 Å². The summed E-state index contributed by atoms with van der Waals surface area (Å²) in [6.45, 7) is 0. The summed E-state index contributed by atoms with van der Waals surface area (Å²) in [5.74, 6) is -0.933. The number of hydrogen-bond acceptors (Lipinski definition) is 4. The smallest absolute Gasteiger partial charge is 0.277 e. The summed E-state index contributed by atoms with van der Waals surface area (Å²) >= 11 is 1.35. The van der Waals surface area contributed by atoms with E-state index >= 15 is 0 Å². The van der Waals surface area contributed by atoms with Gasteiger partial charge >= 0.3 is 11.7 Å². The summed E-state index contributed by atoms with van der Waals surface area (Å²) in [6.07, 6.45) is -2.25. The van der Waals surface area contributed by atoms with E-state index in [1.807, 2.05) is 30.3 Å². The highest BCUT2D eigenvalue weighted by Gasteiger charge is 2.35. The van der Waals surface area contributed by atoms with Crippen molar-refractivity contribution in [2.45, 2.75) is 17.1 Å². The van der Waals surface area contributed by atoms with E-state index in [-0.39, 0.29) is 5.65 Å². The normalized spacial score (nSPS) is 11.9. The highest BCUT2D eigenvalue weighted by atomic mass is 32.2. The van der Waals surface area contributed by atoms with Gasteiger partial charge in [0.05, 0.1) is 11.3 Å². The second-order valence-electron chi connectivity index (χ2n) is 6.06. The van der Waals surface area contributed by atoms with E-state index in [1.54, 1.807) is 0 Å². The minimum Gasteiger partial charge on any atom is -0.277 e. The summed E-state index contributed by atoms with van der Waals surface area (Å²) in [5.41, 5.74) is -1.78. The van der Waals surface area contributed by atoms with Crippen LogP contribution in [0.15, 0.2) is 70.9 Å². The van der Waals surface area contributed by atoms with Crippen molar-refractivity contribution in [3.8, 4) is 5.69 Å². The molecule has 10 heteroatoms. The molecule has 0 unspecified atom stereocenters. The Kier molecular flexibility index (Phi) is 4.87. The topological polar surface area (TPSA) is 52.2 Å². The van der Waals surface area contributed by atoms with Gasteiger partial charge in [0.25, 0.3) is 0 Å². The molecule has 0 amide bonds. The summed E-state index contributed by atoms with van der Waals surface area (Å²) in [6, 6.07) is 12.4. The first-order chi connectivity index (χ1) is 13.9. The van der Waals surface area contributed by atoms with Gasteiger partial charge in [0.15, 0.2) is 11.0 Å². The van der Waals surface area contributed by atoms with Gasteiger partial charge in [-0.3, -0.25) is 13.8 Å². The van der Waals surface area contributed by atoms with Crippen molar-refractivity contribution in [2.24, 2.45) is 0 Å². The fraction of sp³-hybridized carbons (Fsp3) is 0.105. The molecule has 0 aliphatic rings. The molecule has 2 aromatic heterocycles. The zero-order valence-electron chi connectivity index (χ0n) is 14.6. The highest BCUT2D eigenvalue weighted by molar-refractivity contribution is 7.98. The van der Waals surface area contributed by atoms with Gasteiger partial charge in [-0.2, -0.15) is 13.2 Å². The van der Waals surface area contributed by atoms with E-state index in [4.69, 9.17) is 0 Å². The third-order valence-electron chi connectivity index (χ3n) is 4.19. The lowest BCUT2D eigenvalue weighted by molar-refractivity contribution is -0.140. The summed E-state index contributed by atoms with van der Waals surface area (Å²) in [7, 11) is 0. The van der Waals surface area contributed by atoms with Crippen LogP contribution in [0.3, 0.4) is 0 Å². The Morgan fingerprint density at radius 3 is 2.45 bits per heavy atom. The summed E-state index contributed by atoms with van der Waals surface area (Å²) in [5, 5.41) is 8.25. The van der Waals surface area contributed by atoms with Crippen LogP contribution in [-0.4, -0.2) is 19.2 Å². The van der Waals surface area contributed by atoms with Gasteiger partial charge < -0.3 is 0 Å². The van der Waals surface area contributed by atoms with Crippen LogP contribution < -0.4 is 5.56 Å². The van der Waals surface area contributed by atoms with Crippen molar-refractivity contribution in [3.05, 3.63) is 88.2 Å². The van der Waals surface area contributed by atoms with E-state index in [1.165, 1.54) is 28.6 Å². The maximum Gasteiger partial charge on any atom is 0.419 e. The maximum absolute atomic E-state index is 14.4. The fourth-order valence-corrected chi connectivity index (χ4v) is 3.67. The maximum atomic E-state index is 14.4. The largest absolute Gasteiger partial charge is 0.419 e. The van der Waals surface area contributed by atoms with Crippen molar-refractivity contribution in [3.63, 3.8) is 0 Å². The molecule has 4 rings (SSSR count). The predicted octanol–water partition coefficient (Wildman–Crippen LogP) is 4.33.